The lowest BCUT2D eigenvalue weighted by atomic mass is 9.83. The van der Waals surface area contributed by atoms with Crippen molar-refractivity contribution in [3.63, 3.8) is 0 Å². The average Bonchev–Trinajstić information content (AvgIpc) is 3.33. The van der Waals surface area contributed by atoms with Crippen molar-refractivity contribution >= 4 is 28.7 Å². The number of pyridine rings is 1. The molecule has 3 N–H and O–H groups in total. The van der Waals surface area contributed by atoms with Crippen LogP contribution in [0.2, 0.25) is 0 Å². The van der Waals surface area contributed by atoms with Gasteiger partial charge in [0.25, 0.3) is 0 Å². The topological polar surface area (TPSA) is 138 Å². The number of nitrogens with zero attached hydrogens (tertiary/aromatic N) is 5. The molecule has 4 aromatic rings. The molecule has 0 saturated carbocycles. The van der Waals surface area contributed by atoms with Gasteiger partial charge in [-0.2, -0.15) is 5.10 Å². The molecule has 10 nitrogen and oxygen atoms in total. The van der Waals surface area contributed by atoms with Crippen molar-refractivity contribution in [1.29, 1.82) is 0 Å². The Balaban J connectivity index is 1.74. The highest BCUT2D eigenvalue weighted by Gasteiger charge is 2.47. The summed E-state index contributed by atoms with van der Waals surface area (Å²) in [5.41, 5.74) is 5.32. The van der Waals surface area contributed by atoms with E-state index in [9.17, 15) is 18.4 Å². The van der Waals surface area contributed by atoms with Crippen LogP contribution in [0.5, 0.6) is 0 Å². The molecule has 5 rings (SSSR count). The number of ether oxygens (including phenoxy) is 1. The van der Waals surface area contributed by atoms with Gasteiger partial charge in [0.15, 0.2) is 17.2 Å². The Morgan fingerprint density at radius 1 is 1.26 bits per heavy atom. The highest BCUT2D eigenvalue weighted by atomic mass is 19.1. The van der Waals surface area contributed by atoms with Crippen LogP contribution >= 0.6 is 0 Å². The van der Waals surface area contributed by atoms with E-state index in [4.69, 9.17) is 10.5 Å². The molecular weight excluding hydrogens is 460 g/mol. The number of methoxy groups -OCH3 is 1. The summed E-state index contributed by atoms with van der Waals surface area (Å²) >= 11 is 0. The number of amides is 1. The van der Waals surface area contributed by atoms with Crippen molar-refractivity contribution in [2.75, 3.05) is 19.0 Å². The summed E-state index contributed by atoms with van der Waals surface area (Å²) in [6.07, 6.45) is 1.02. The number of carbonyl (C=O) groups is 2. The molecule has 4 heterocycles. The summed E-state index contributed by atoms with van der Waals surface area (Å²) in [5, 5.41) is 7.34. The van der Waals surface area contributed by atoms with Gasteiger partial charge in [-0.15, -0.1) is 0 Å². The third kappa shape index (κ3) is 3.49. The number of aromatic nitrogens is 5. The largest absolute Gasteiger partial charge is 0.464 e. The van der Waals surface area contributed by atoms with Gasteiger partial charge in [0.1, 0.15) is 23.1 Å². The predicted molar refractivity (Wildman–Crippen MR) is 120 cm³/mol. The number of hydrogen-bond donors (Lipinski definition) is 2. The Bertz CT molecular complexity index is 1520. The van der Waals surface area contributed by atoms with Gasteiger partial charge in [0.05, 0.1) is 30.7 Å². The Morgan fingerprint density at radius 2 is 2.03 bits per heavy atom. The molecule has 0 aliphatic carbocycles. The highest BCUT2D eigenvalue weighted by Crippen LogP contribution is 2.39. The first kappa shape index (κ1) is 22.5. The first-order valence-corrected chi connectivity index (χ1v) is 10.5. The lowest BCUT2D eigenvalue weighted by Gasteiger charge is -2.20. The SMILES string of the molecule is COC(=O)c1nc(-c2nn(Cc3ccccc3F)c3ncc(F)cc23)nc2c1C(C)(CN)C(=O)N2. The maximum atomic E-state index is 14.3. The molecule has 0 fully saturated rings. The summed E-state index contributed by atoms with van der Waals surface area (Å²) in [6, 6.07) is 7.35. The zero-order valence-electron chi connectivity index (χ0n) is 18.7. The van der Waals surface area contributed by atoms with Crippen LogP contribution in [-0.2, 0) is 21.5 Å². The molecule has 1 unspecified atom stereocenters. The number of esters is 1. The normalized spacial score (nSPS) is 16.9. The summed E-state index contributed by atoms with van der Waals surface area (Å²) < 4.78 is 34.7. The third-order valence-electron chi connectivity index (χ3n) is 6.02. The minimum absolute atomic E-state index is 0.00140. The molecule has 35 heavy (non-hydrogen) atoms. The van der Waals surface area contributed by atoms with Crippen LogP contribution in [-0.4, -0.2) is 50.3 Å². The fourth-order valence-corrected chi connectivity index (χ4v) is 4.08. The predicted octanol–water partition coefficient (Wildman–Crippen LogP) is 2.17. The monoisotopic (exact) mass is 479 g/mol. The van der Waals surface area contributed by atoms with Crippen LogP contribution in [0.15, 0.2) is 36.5 Å². The van der Waals surface area contributed by atoms with Gasteiger partial charge < -0.3 is 15.8 Å². The molecule has 0 bridgehead atoms. The highest BCUT2D eigenvalue weighted by molar-refractivity contribution is 6.09. The van der Waals surface area contributed by atoms with E-state index in [1.165, 1.54) is 23.9 Å². The van der Waals surface area contributed by atoms with Crippen molar-refractivity contribution in [2.45, 2.75) is 18.9 Å². The maximum Gasteiger partial charge on any atom is 0.357 e. The van der Waals surface area contributed by atoms with E-state index in [2.05, 4.69) is 25.4 Å². The number of nitrogens with two attached hydrogens (primary N) is 1. The van der Waals surface area contributed by atoms with Crippen molar-refractivity contribution in [3.05, 3.63) is 65.0 Å². The minimum atomic E-state index is -1.25. The molecule has 178 valence electrons. The van der Waals surface area contributed by atoms with E-state index in [0.717, 1.165) is 6.20 Å². The van der Waals surface area contributed by atoms with Crippen molar-refractivity contribution in [1.82, 2.24) is 24.7 Å². The molecular formula is C23H19F2N7O3. The molecule has 1 amide bonds. The van der Waals surface area contributed by atoms with E-state index in [1.54, 1.807) is 25.1 Å². The van der Waals surface area contributed by atoms with Gasteiger partial charge in [0, 0.05) is 17.7 Å². The second-order valence-corrected chi connectivity index (χ2v) is 8.22. The van der Waals surface area contributed by atoms with Crippen LogP contribution in [0.1, 0.15) is 28.5 Å². The molecule has 3 aromatic heterocycles. The first-order chi connectivity index (χ1) is 16.8. The maximum absolute atomic E-state index is 14.3. The van der Waals surface area contributed by atoms with Crippen LogP contribution < -0.4 is 11.1 Å². The van der Waals surface area contributed by atoms with Gasteiger partial charge in [-0.05, 0) is 19.1 Å². The number of benzene rings is 1. The van der Waals surface area contributed by atoms with Crippen LogP contribution in [0.25, 0.3) is 22.6 Å². The van der Waals surface area contributed by atoms with E-state index < -0.39 is 28.9 Å². The first-order valence-electron chi connectivity index (χ1n) is 10.5. The Kier molecular flexibility index (Phi) is 5.24. The van der Waals surface area contributed by atoms with Crippen molar-refractivity contribution in [3.8, 4) is 11.5 Å². The number of carbonyl (C=O) groups excluding carboxylic acids is 2. The molecule has 0 spiro atoms. The average molecular weight is 479 g/mol. The van der Waals surface area contributed by atoms with E-state index in [1.807, 2.05) is 0 Å². The molecule has 1 aromatic carbocycles. The zero-order valence-corrected chi connectivity index (χ0v) is 18.7. The van der Waals surface area contributed by atoms with E-state index >= 15 is 0 Å². The molecule has 0 radical (unpaired) electrons. The van der Waals surface area contributed by atoms with Gasteiger partial charge >= 0.3 is 5.97 Å². The number of anilines is 1. The lowest BCUT2D eigenvalue weighted by Crippen LogP contribution is -2.39. The quantitative estimate of drug-likeness (QED) is 0.416. The van der Waals surface area contributed by atoms with Gasteiger partial charge in [-0.25, -0.2) is 33.2 Å². The fourth-order valence-electron chi connectivity index (χ4n) is 4.08. The van der Waals surface area contributed by atoms with Crippen molar-refractivity contribution < 1.29 is 23.1 Å². The van der Waals surface area contributed by atoms with Crippen LogP contribution in [0, 0.1) is 11.6 Å². The molecule has 1 aliphatic heterocycles. The number of rotatable bonds is 5. The summed E-state index contributed by atoms with van der Waals surface area (Å²) in [4.78, 5) is 38.2. The second kappa shape index (κ2) is 8.17. The van der Waals surface area contributed by atoms with Crippen molar-refractivity contribution in [2.24, 2.45) is 5.73 Å². The Hall–Kier alpha value is -4.32. The number of fused-ring (bicyclic) bond motifs is 2. The standard InChI is InChI=1S/C23H19F2N7O3/c1-23(10-26)15-17(21(33)35-2)28-19(29-18(15)30-22(23)34)16-13-7-12(24)8-27-20(13)32(31-16)9-11-5-3-4-6-14(11)25/h3-8H,9-10,26H2,1-2H3,(H,28,29,30,34). The van der Waals surface area contributed by atoms with Gasteiger partial charge in [-0.1, -0.05) is 18.2 Å². The molecule has 1 aliphatic rings. The summed E-state index contributed by atoms with van der Waals surface area (Å²) in [7, 11) is 1.18. The Morgan fingerprint density at radius 3 is 2.74 bits per heavy atom. The van der Waals surface area contributed by atoms with E-state index in [-0.39, 0.29) is 52.7 Å². The molecule has 1 atom stereocenters. The van der Waals surface area contributed by atoms with Crippen LogP contribution in [0.3, 0.4) is 0 Å². The van der Waals surface area contributed by atoms with Crippen LogP contribution in [0.4, 0.5) is 14.6 Å². The summed E-state index contributed by atoms with van der Waals surface area (Å²) in [6.45, 7) is 1.47. The number of halogens is 2. The third-order valence-corrected chi connectivity index (χ3v) is 6.02. The van der Waals surface area contributed by atoms with E-state index in [0.29, 0.717) is 5.56 Å². The number of nitrogens with one attached hydrogen (secondary N) is 1. The zero-order chi connectivity index (χ0) is 24.9. The number of hydrogen-bond acceptors (Lipinski definition) is 8. The summed E-state index contributed by atoms with van der Waals surface area (Å²) in [5.74, 6) is -2.33. The molecule has 12 heteroatoms. The molecule has 0 saturated heterocycles. The smallest absolute Gasteiger partial charge is 0.357 e. The van der Waals surface area contributed by atoms with Gasteiger partial charge in [-0.3, -0.25) is 4.79 Å². The van der Waals surface area contributed by atoms with Gasteiger partial charge in [0.2, 0.25) is 5.91 Å². The lowest BCUT2D eigenvalue weighted by molar-refractivity contribution is -0.120. The minimum Gasteiger partial charge on any atom is -0.464 e. The second-order valence-electron chi connectivity index (χ2n) is 8.22. The fraction of sp³-hybridized carbons (Fsp3) is 0.217. The Labute approximate surface area is 197 Å².